The highest BCUT2D eigenvalue weighted by molar-refractivity contribution is 7.99. The highest BCUT2D eigenvalue weighted by atomic mass is 35.5. The van der Waals surface area contributed by atoms with Gasteiger partial charge in [0.15, 0.2) is 0 Å². The normalized spacial score (nSPS) is 16.9. The summed E-state index contributed by atoms with van der Waals surface area (Å²) in [7, 11) is 1.89. The number of hydrogen-bond acceptors (Lipinski definition) is 4. The summed E-state index contributed by atoms with van der Waals surface area (Å²) in [6.45, 7) is 3.15. The lowest BCUT2D eigenvalue weighted by Crippen LogP contribution is -2.45. The molecule has 1 aliphatic rings. The first-order valence-electron chi connectivity index (χ1n) is 7.68. The molecule has 2 rings (SSSR count). The Morgan fingerprint density at radius 1 is 1.39 bits per heavy atom. The Kier molecular flexibility index (Phi) is 7.50. The average Bonchev–Trinajstić information content (AvgIpc) is 2.50. The van der Waals surface area contributed by atoms with Crippen LogP contribution >= 0.6 is 35.0 Å². The van der Waals surface area contributed by atoms with Gasteiger partial charge in [-0.1, -0.05) is 23.2 Å². The number of carboxylic acids is 1. The summed E-state index contributed by atoms with van der Waals surface area (Å²) in [5, 5.41) is 10.3. The quantitative estimate of drug-likeness (QED) is 0.736. The van der Waals surface area contributed by atoms with Crippen LogP contribution in [0, 0.1) is 0 Å². The number of carboxylic acid groups (broad SMARTS) is 1. The Morgan fingerprint density at radius 2 is 2.09 bits per heavy atom. The number of hydrogen-bond donors (Lipinski definition) is 1. The third kappa shape index (κ3) is 6.16. The van der Waals surface area contributed by atoms with Gasteiger partial charge in [0.1, 0.15) is 0 Å². The van der Waals surface area contributed by atoms with Crippen LogP contribution in [0.3, 0.4) is 0 Å². The zero-order chi connectivity index (χ0) is 16.8. The number of aliphatic carboxylic acids is 1. The van der Waals surface area contributed by atoms with E-state index in [1.54, 1.807) is 17.8 Å². The SMILES string of the molecule is CN(CC(=O)O)C1CCN(CCSc2cc(Cl)ccc2Cl)CC1. The van der Waals surface area contributed by atoms with Crippen LogP contribution in [0.15, 0.2) is 23.1 Å². The number of carbonyl (C=O) groups is 1. The van der Waals surface area contributed by atoms with Gasteiger partial charge in [-0.25, -0.2) is 0 Å². The van der Waals surface area contributed by atoms with Gasteiger partial charge >= 0.3 is 5.97 Å². The molecule has 4 nitrogen and oxygen atoms in total. The first kappa shape index (κ1) is 18.9. The lowest BCUT2D eigenvalue weighted by Gasteiger charge is -2.36. The van der Waals surface area contributed by atoms with Gasteiger partial charge in [-0.2, -0.15) is 0 Å². The van der Waals surface area contributed by atoms with Gasteiger partial charge in [0, 0.05) is 28.3 Å². The van der Waals surface area contributed by atoms with E-state index in [9.17, 15) is 4.79 Å². The number of likely N-dealkylation sites (tertiary alicyclic amines) is 1. The predicted octanol–water partition coefficient (Wildman–Crippen LogP) is 3.57. The predicted molar refractivity (Wildman–Crippen MR) is 96.9 cm³/mol. The maximum atomic E-state index is 10.8. The lowest BCUT2D eigenvalue weighted by molar-refractivity contribution is -0.138. The van der Waals surface area contributed by atoms with Crippen LogP contribution in [0.1, 0.15) is 12.8 Å². The fourth-order valence-corrected chi connectivity index (χ4v) is 4.30. The molecule has 0 aliphatic carbocycles. The number of benzene rings is 1. The zero-order valence-corrected chi connectivity index (χ0v) is 15.5. The van der Waals surface area contributed by atoms with Gasteiger partial charge in [0.05, 0.1) is 11.6 Å². The molecule has 1 fully saturated rings. The molecule has 7 heteroatoms. The molecule has 0 saturated carbocycles. The molecule has 23 heavy (non-hydrogen) atoms. The Bertz CT molecular complexity index is 537. The van der Waals surface area contributed by atoms with Crippen LogP contribution in [-0.2, 0) is 4.79 Å². The molecule has 0 spiro atoms. The van der Waals surface area contributed by atoms with E-state index < -0.39 is 5.97 Å². The standard InChI is InChI=1S/C16H22Cl2N2O2S/c1-19(11-16(21)22)13-4-6-20(7-5-13)8-9-23-15-10-12(17)2-3-14(15)18/h2-3,10,13H,4-9,11H2,1H3,(H,21,22). The summed E-state index contributed by atoms with van der Waals surface area (Å²) in [4.78, 5) is 16.2. The van der Waals surface area contributed by atoms with Crippen molar-refractivity contribution >= 4 is 40.9 Å². The van der Waals surface area contributed by atoms with Crippen molar-refractivity contribution in [2.45, 2.75) is 23.8 Å². The first-order chi connectivity index (χ1) is 11.0. The monoisotopic (exact) mass is 376 g/mol. The van der Waals surface area contributed by atoms with Crippen molar-refractivity contribution < 1.29 is 9.90 Å². The van der Waals surface area contributed by atoms with E-state index in [2.05, 4.69) is 4.90 Å². The van der Waals surface area contributed by atoms with Crippen molar-refractivity contribution in [3.8, 4) is 0 Å². The van der Waals surface area contributed by atoms with Crippen LogP contribution in [-0.4, -0.2) is 65.9 Å². The summed E-state index contributed by atoms with van der Waals surface area (Å²) in [6, 6.07) is 5.90. The minimum absolute atomic E-state index is 0.119. The fourth-order valence-electron chi connectivity index (χ4n) is 2.80. The number of halogens is 2. The van der Waals surface area contributed by atoms with Crippen molar-refractivity contribution in [1.82, 2.24) is 9.80 Å². The van der Waals surface area contributed by atoms with E-state index >= 15 is 0 Å². The van der Waals surface area contributed by atoms with Crippen LogP contribution in [0.25, 0.3) is 0 Å². The number of thioether (sulfide) groups is 1. The van der Waals surface area contributed by atoms with Gasteiger partial charge in [0.25, 0.3) is 0 Å². The summed E-state index contributed by atoms with van der Waals surface area (Å²) in [5.41, 5.74) is 0. The second kappa shape index (κ2) is 9.14. The van der Waals surface area contributed by atoms with Crippen molar-refractivity contribution in [2.75, 3.05) is 39.0 Å². The summed E-state index contributed by atoms with van der Waals surface area (Å²) in [6.07, 6.45) is 2.04. The van der Waals surface area contributed by atoms with E-state index in [1.807, 2.05) is 24.1 Å². The third-order valence-electron chi connectivity index (χ3n) is 4.12. The van der Waals surface area contributed by atoms with E-state index in [4.69, 9.17) is 28.3 Å². The van der Waals surface area contributed by atoms with Crippen LogP contribution in [0.4, 0.5) is 0 Å². The highest BCUT2D eigenvalue weighted by Gasteiger charge is 2.23. The molecule has 0 amide bonds. The molecule has 0 atom stereocenters. The number of piperidine rings is 1. The van der Waals surface area contributed by atoms with E-state index in [1.165, 1.54) is 0 Å². The van der Waals surface area contributed by atoms with Crippen molar-refractivity contribution in [3.05, 3.63) is 28.2 Å². The fraction of sp³-hybridized carbons (Fsp3) is 0.562. The van der Waals surface area contributed by atoms with Crippen molar-refractivity contribution in [1.29, 1.82) is 0 Å². The van der Waals surface area contributed by atoms with E-state index in [0.717, 1.165) is 48.1 Å². The minimum Gasteiger partial charge on any atom is -0.480 e. The molecule has 0 radical (unpaired) electrons. The van der Waals surface area contributed by atoms with Crippen LogP contribution in [0.5, 0.6) is 0 Å². The first-order valence-corrected chi connectivity index (χ1v) is 9.42. The Morgan fingerprint density at radius 3 is 2.74 bits per heavy atom. The molecule has 1 heterocycles. The summed E-state index contributed by atoms with van der Waals surface area (Å²) >= 11 is 13.9. The van der Waals surface area contributed by atoms with Crippen LogP contribution in [0.2, 0.25) is 10.0 Å². The highest BCUT2D eigenvalue weighted by Crippen LogP contribution is 2.30. The smallest absolute Gasteiger partial charge is 0.317 e. The number of likely N-dealkylation sites (N-methyl/N-ethyl adjacent to an activating group) is 1. The van der Waals surface area contributed by atoms with E-state index in [0.29, 0.717) is 11.1 Å². The average molecular weight is 377 g/mol. The Labute approximate surface area is 151 Å². The van der Waals surface area contributed by atoms with Gasteiger partial charge in [0.2, 0.25) is 0 Å². The molecule has 1 aliphatic heterocycles. The maximum absolute atomic E-state index is 10.8. The molecule has 0 bridgehead atoms. The number of nitrogens with zero attached hydrogens (tertiary/aromatic N) is 2. The topological polar surface area (TPSA) is 43.8 Å². The van der Waals surface area contributed by atoms with Crippen molar-refractivity contribution in [3.63, 3.8) is 0 Å². The van der Waals surface area contributed by atoms with Gasteiger partial charge in [-0.05, 0) is 51.2 Å². The molecule has 1 aromatic rings. The largest absolute Gasteiger partial charge is 0.480 e. The lowest BCUT2D eigenvalue weighted by atomic mass is 10.0. The third-order valence-corrected chi connectivity index (χ3v) is 5.84. The second-order valence-corrected chi connectivity index (χ2v) is 7.79. The second-order valence-electron chi connectivity index (χ2n) is 5.80. The van der Waals surface area contributed by atoms with Crippen molar-refractivity contribution in [2.24, 2.45) is 0 Å². The maximum Gasteiger partial charge on any atom is 0.317 e. The van der Waals surface area contributed by atoms with Gasteiger partial charge < -0.3 is 10.0 Å². The summed E-state index contributed by atoms with van der Waals surface area (Å²) < 4.78 is 0. The Balaban J connectivity index is 1.70. The molecule has 1 N–H and O–H groups in total. The minimum atomic E-state index is -0.760. The Hall–Kier alpha value is -0.460. The molecule has 128 valence electrons. The zero-order valence-electron chi connectivity index (χ0n) is 13.2. The number of rotatable bonds is 7. The molecule has 1 saturated heterocycles. The molecule has 0 aromatic heterocycles. The summed E-state index contributed by atoms with van der Waals surface area (Å²) in [5.74, 6) is 0.208. The molecule has 1 aromatic carbocycles. The molecule has 0 unspecified atom stereocenters. The van der Waals surface area contributed by atoms with Gasteiger partial charge in [-0.3, -0.25) is 9.69 Å². The molecular weight excluding hydrogens is 355 g/mol. The molecular formula is C16H22Cl2N2O2S. The van der Waals surface area contributed by atoms with Gasteiger partial charge in [-0.15, -0.1) is 11.8 Å². The van der Waals surface area contributed by atoms with Crippen LogP contribution < -0.4 is 0 Å². The van der Waals surface area contributed by atoms with E-state index in [-0.39, 0.29) is 6.54 Å².